The van der Waals surface area contributed by atoms with Crippen LogP contribution in [0.4, 0.5) is 17.6 Å². The van der Waals surface area contributed by atoms with E-state index in [0.29, 0.717) is 25.0 Å². The quantitative estimate of drug-likeness (QED) is 0.656. The molecule has 0 fully saturated rings. The molecule has 0 aliphatic heterocycles. The van der Waals surface area contributed by atoms with E-state index in [1.165, 1.54) is 0 Å². The summed E-state index contributed by atoms with van der Waals surface area (Å²) < 4.78 is 51.3. The second-order valence-electron chi connectivity index (χ2n) is 3.98. The second kappa shape index (κ2) is 4.36. The van der Waals surface area contributed by atoms with E-state index in [1.54, 1.807) is 0 Å². The number of halogens is 4. The molecule has 0 bridgehead atoms. The Morgan fingerprint density at radius 3 is 2.53 bits per heavy atom. The van der Waals surface area contributed by atoms with Crippen molar-refractivity contribution in [2.24, 2.45) is 0 Å². The van der Waals surface area contributed by atoms with Crippen LogP contribution in [-0.2, 0) is 18.8 Å². The number of nitrogens with one attached hydrogen (secondary N) is 1. The number of rotatable bonds is 2. The zero-order valence-corrected chi connectivity index (χ0v) is 9.59. The average Bonchev–Trinajstić information content (AvgIpc) is 2.27. The Morgan fingerprint density at radius 1 is 1.24 bits per heavy atom. The number of hydrogen-bond donors (Lipinski definition) is 1. The molecule has 0 atom stereocenters. The van der Waals surface area contributed by atoms with Gasteiger partial charge in [-0.15, -0.1) is 0 Å². The molecule has 1 aliphatic rings. The minimum atomic E-state index is -4.23. The second-order valence-corrected chi connectivity index (χ2v) is 4.37. The van der Waals surface area contributed by atoms with E-state index in [2.05, 4.69) is 9.97 Å². The lowest BCUT2D eigenvalue weighted by atomic mass is 9.93. The van der Waals surface area contributed by atoms with Gasteiger partial charge in [-0.05, 0) is 43.5 Å². The monoisotopic (exact) mass is 266 g/mol. The van der Waals surface area contributed by atoms with Crippen LogP contribution in [0.15, 0.2) is 0 Å². The van der Waals surface area contributed by atoms with Gasteiger partial charge in [-0.2, -0.15) is 8.78 Å². The van der Waals surface area contributed by atoms with Crippen molar-refractivity contribution in [1.29, 1.82) is 0 Å². The molecule has 0 saturated carbocycles. The zero-order chi connectivity index (χ0) is 12.6. The van der Waals surface area contributed by atoms with Gasteiger partial charge in [0.25, 0.3) is 0 Å². The molecule has 17 heavy (non-hydrogen) atoms. The fraction of sp³-hybridized carbons (Fsp3) is 0.600. The third-order valence-electron chi connectivity index (χ3n) is 2.81. The summed E-state index contributed by atoms with van der Waals surface area (Å²) in [5, 5.41) is 0. The van der Waals surface area contributed by atoms with Crippen molar-refractivity contribution in [1.82, 2.24) is 9.97 Å². The van der Waals surface area contributed by atoms with Gasteiger partial charge in [-0.1, -0.05) is 0 Å². The van der Waals surface area contributed by atoms with Crippen molar-refractivity contribution in [3.8, 4) is 0 Å². The molecule has 1 N–H and O–H groups in total. The maximum atomic E-state index is 13.4. The molecule has 1 heterocycles. The van der Waals surface area contributed by atoms with Gasteiger partial charge in [0.2, 0.25) is 0 Å². The van der Waals surface area contributed by atoms with Gasteiger partial charge in [-0.3, -0.25) is 0 Å². The summed E-state index contributed by atoms with van der Waals surface area (Å²) in [7, 11) is 0. The number of H-pyrrole nitrogens is 1. The number of aryl methyl sites for hydroxylation is 1. The van der Waals surface area contributed by atoms with E-state index in [-0.39, 0.29) is 10.3 Å². The number of alkyl halides is 4. The summed E-state index contributed by atoms with van der Waals surface area (Å²) in [4.78, 5) is 6.11. The van der Waals surface area contributed by atoms with Gasteiger partial charge in [0.15, 0.2) is 4.77 Å². The number of nitrogens with zero attached hydrogens (tertiary/aromatic N) is 1. The normalized spacial score (nSPS) is 16.1. The van der Waals surface area contributed by atoms with Crippen LogP contribution >= 0.6 is 12.2 Å². The molecule has 0 saturated heterocycles. The van der Waals surface area contributed by atoms with E-state index in [0.717, 1.165) is 6.42 Å². The van der Waals surface area contributed by atoms with Crippen LogP contribution in [0.2, 0.25) is 0 Å². The smallest absolute Gasteiger partial charge is 0.334 e. The van der Waals surface area contributed by atoms with Gasteiger partial charge in [0.1, 0.15) is 5.69 Å². The lowest BCUT2D eigenvalue weighted by Crippen LogP contribution is -2.28. The summed E-state index contributed by atoms with van der Waals surface area (Å²) >= 11 is 4.70. The number of fused-ring (bicyclic) bond motifs is 1. The van der Waals surface area contributed by atoms with Gasteiger partial charge >= 0.3 is 12.3 Å². The minimum Gasteiger partial charge on any atom is -0.334 e. The largest absolute Gasteiger partial charge is 0.349 e. The SMILES string of the molecule is FC(F)C(F)(F)c1nc(=S)[nH]c2c1CCCC2. The highest BCUT2D eigenvalue weighted by Crippen LogP contribution is 2.37. The molecular weight excluding hydrogens is 256 g/mol. The van der Waals surface area contributed by atoms with Crippen LogP contribution in [0.1, 0.15) is 29.8 Å². The van der Waals surface area contributed by atoms with E-state index in [1.807, 2.05) is 0 Å². The zero-order valence-electron chi connectivity index (χ0n) is 8.77. The Kier molecular flexibility index (Phi) is 3.20. The van der Waals surface area contributed by atoms with Crippen molar-refractivity contribution < 1.29 is 17.6 Å². The maximum absolute atomic E-state index is 13.4. The molecule has 94 valence electrons. The number of aromatic amines is 1. The lowest BCUT2D eigenvalue weighted by molar-refractivity contribution is -0.138. The van der Waals surface area contributed by atoms with E-state index < -0.39 is 18.0 Å². The first kappa shape index (κ1) is 12.5. The summed E-state index contributed by atoms with van der Waals surface area (Å²) in [6, 6.07) is 0. The predicted octanol–water partition coefficient (Wildman–Crippen LogP) is 3.37. The molecule has 0 spiro atoms. The van der Waals surface area contributed by atoms with E-state index in [4.69, 9.17) is 12.2 Å². The predicted molar refractivity (Wildman–Crippen MR) is 56.0 cm³/mol. The van der Waals surface area contributed by atoms with Crippen molar-refractivity contribution >= 4 is 12.2 Å². The van der Waals surface area contributed by atoms with Gasteiger partial charge in [0, 0.05) is 5.69 Å². The van der Waals surface area contributed by atoms with E-state index >= 15 is 0 Å². The highest BCUT2D eigenvalue weighted by molar-refractivity contribution is 7.71. The van der Waals surface area contributed by atoms with Crippen molar-refractivity contribution in [2.45, 2.75) is 38.0 Å². The summed E-state index contributed by atoms with van der Waals surface area (Å²) in [5.41, 5.74) is -0.132. The molecule has 1 aliphatic carbocycles. The first-order valence-electron chi connectivity index (χ1n) is 5.21. The topological polar surface area (TPSA) is 28.7 Å². The van der Waals surface area contributed by atoms with Crippen LogP contribution < -0.4 is 0 Å². The molecule has 7 heteroatoms. The standard InChI is InChI=1S/C10H10F4N2S/c11-8(12)10(13,14)7-5-3-1-2-4-6(5)15-9(17)16-7/h8H,1-4H2,(H,15,16,17). The van der Waals surface area contributed by atoms with Gasteiger partial charge in [0.05, 0.1) is 0 Å². The first-order chi connectivity index (χ1) is 7.93. The fourth-order valence-electron chi connectivity index (χ4n) is 2.01. The highest BCUT2D eigenvalue weighted by Gasteiger charge is 2.46. The third kappa shape index (κ3) is 2.20. The van der Waals surface area contributed by atoms with Gasteiger partial charge < -0.3 is 4.98 Å². The Hall–Kier alpha value is -0.980. The molecule has 2 rings (SSSR count). The van der Waals surface area contributed by atoms with E-state index in [9.17, 15) is 17.6 Å². The summed E-state index contributed by atoms with van der Waals surface area (Å²) in [6.07, 6.45) is -1.34. The fourth-order valence-corrected chi connectivity index (χ4v) is 2.22. The molecule has 0 aromatic carbocycles. The average molecular weight is 266 g/mol. The molecule has 1 aromatic rings. The van der Waals surface area contributed by atoms with Crippen LogP contribution in [-0.4, -0.2) is 16.4 Å². The van der Waals surface area contributed by atoms with Crippen molar-refractivity contribution in [2.75, 3.05) is 0 Å². The molecule has 0 radical (unpaired) electrons. The minimum absolute atomic E-state index is 0.166. The number of hydrogen-bond acceptors (Lipinski definition) is 2. The molecule has 0 amide bonds. The summed E-state index contributed by atoms with van der Waals surface area (Å²) in [5.74, 6) is -4.23. The van der Waals surface area contributed by atoms with Crippen LogP contribution in [0.5, 0.6) is 0 Å². The van der Waals surface area contributed by atoms with Crippen LogP contribution in [0, 0.1) is 4.77 Å². The highest BCUT2D eigenvalue weighted by atomic mass is 32.1. The number of aromatic nitrogens is 2. The van der Waals surface area contributed by atoms with Crippen molar-refractivity contribution in [3.63, 3.8) is 0 Å². The Morgan fingerprint density at radius 2 is 1.88 bits per heavy atom. The Labute approximate surface area is 100 Å². The molecular formula is C10H10F4N2S. The van der Waals surface area contributed by atoms with Crippen molar-refractivity contribution in [3.05, 3.63) is 21.7 Å². The Balaban J connectivity index is 2.61. The Bertz CT molecular complexity index is 484. The van der Waals surface area contributed by atoms with Gasteiger partial charge in [-0.25, -0.2) is 13.8 Å². The summed E-state index contributed by atoms with van der Waals surface area (Å²) in [6.45, 7) is 0. The third-order valence-corrected chi connectivity index (χ3v) is 3.01. The first-order valence-corrected chi connectivity index (χ1v) is 5.62. The molecule has 2 nitrogen and oxygen atoms in total. The van der Waals surface area contributed by atoms with Crippen LogP contribution in [0.25, 0.3) is 0 Å². The van der Waals surface area contributed by atoms with Crippen LogP contribution in [0.3, 0.4) is 0 Å². The molecule has 1 aromatic heterocycles. The maximum Gasteiger partial charge on any atom is 0.349 e. The lowest BCUT2D eigenvalue weighted by Gasteiger charge is -2.22. The molecule has 0 unspecified atom stereocenters.